The molecule has 0 aromatic heterocycles. The lowest BCUT2D eigenvalue weighted by molar-refractivity contribution is -0.126. The van der Waals surface area contributed by atoms with Gasteiger partial charge < -0.3 is 20.9 Å². The van der Waals surface area contributed by atoms with E-state index in [1.807, 2.05) is 0 Å². The number of nitrogens with one attached hydrogen (secondary N) is 2. The van der Waals surface area contributed by atoms with E-state index in [-0.39, 0.29) is 17.0 Å². The molecule has 6 N–H and O–H groups in total. The molecule has 27 heavy (non-hydrogen) atoms. The third kappa shape index (κ3) is 8.96. The minimum atomic E-state index is -4.87. The molecule has 0 saturated heterocycles. The summed E-state index contributed by atoms with van der Waals surface area (Å²) in [4.78, 5) is 41.0. The highest BCUT2D eigenvalue weighted by molar-refractivity contribution is 7.46. The number of phosphoric ester groups is 1. The number of rotatable bonds is 11. The van der Waals surface area contributed by atoms with Crippen molar-refractivity contribution in [2.75, 3.05) is 18.4 Å². The lowest BCUT2D eigenvalue weighted by Gasteiger charge is -2.15. The van der Waals surface area contributed by atoms with Crippen LogP contribution in [-0.2, 0) is 14.2 Å². The third-order valence-electron chi connectivity index (χ3n) is 3.48. The molecule has 9 nitrogen and oxygen atoms in total. The summed E-state index contributed by atoms with van der Waals surface area (Å²) < 4.78 is 29.9. The number of anilines is 1. The number of amides is 2. The van der Waals surface area contributed by atoms with Gasteiger partial charge in [-0.2, -0.15) is 0 Å². The Bertz CT molecular complexity index is 697. The number of alkyl halides is 1. The molecule has 1 rings (SSSR count). The van der Waals surface area contributed by atoms with E-state index in [9.17, 15) is 18.5 Å². The molecule has 152 valence electrons. The van der Waals surface area contributed by atoms with Gasteiger partial charge in [0.15, 0.2) is 5.75 Å². The number of hydrogen-bond acceptors (Lipinski definition) is 5. The van der Waals surface area contributed by atoms with Crippen molar-refractivity contribution in [2.24, 2.45) is 5.73 Å². The average molecular weight is 405 g/mol. The normalized spacial score (nSPS) is 12.3. The molecule has 0 aliphatic rings. The lowest BCUT2D eigenvalue weighted by atomic mass is 10.1. The Hall–Kier alpha value is -2.00. The topological polar surface area (TPSA) is 151 Å². The maximum absolute atomic E-state index is 14.4. The van der Waals surface area contributed by atoms with E-state index < -0.39 is 25.8 Å². The van der Waals surface area contributed by atoms with Crippen molar-refractivity contribution < 1.29 is 32.9 Å². The van der Waals surface area contributed by atoms with Crippen molar-refractivity contribution in [3.8, 4) is 5.75 Å². The highest BCUT2D eigenvalue weighted by Crippen LogP contribution is 2.42. The highest BCUT2D eigenvalue weighted by Gasteiger charge is 2.23. The summed E-state index contributed by atoms with van der Waals surface area (Å²) in [7, 11) is -4.87. The molecule has 0 bridgehead atoms. The van der Waals surface area contributed by atoms with Gasteiger partial charge in [-0.3, -0.25) is 19.4 Å². The van der Waals surface area contributed by atoms with Gasteiger partial charge in [0.25, 0.3) is 5.91 Å². The van der Waals surface area contributed by atoms with Crippen LogP contribution in [-0.4, -0.2) is 34.7 Å². The molecular weight excluding hydrogens is 380 g/mol. The first-order valence-electron chi connectivity index (χ1n) is 8.42. The minimum Gasteiger partial charge on any atom is -0.402 e. The molecule has 0 radical (unpaired) electrons. The number of benzene rings is 1. The van der Waals surface area contributed by atoms with Crippen LogP contribution in [0.15, 0.2) is 18.2 Å². The van der Waals surface area contributed by atoms with E-state index >= 15 is 0 Å². The van der Waals surface area contributed by atoms with Crippen LogP contribution in [0, 0.1) is 0 Å². The highest BCUT2D eigenvalue weighted by atomic mass is 31.2. The summed E-state index contributed by atoms with van der Waals surface area (Å²) in [5, 5.41) is 4.77. The van der Waals surface area contributed by atoms with Crippen LogP contribution in [0.3, 0.4) is 0 Å². The summed E-state index contributed by atoms with van der Waals surface area (Å²) in [5.41, 5.74) is 5.15. The average Bonchev–Trinajstić information content (AvgIpc) is 2.57. The first-order chi connectivity index (χ1) is 12.6. The first kappa shape index (κ1) is 23.0. The summed E-state index contributed by atoms with van der Waals surface area (Å²) in [6, 6.07) is 3.33. The second-order valence-corrected chi connectivity index (χ2v) is 7.04. The fourth-order valence-corrected chi connectivity index (χ4v) is 2.69. The van der Waals surface area contributed by atoms with Gasteiger partial charge in [-0.15, -0.1) is 0 Å². The van der Waals surface area contributed by atoms with Crippen molar-refractivity contribution in [2.45, 2.75) is 38.8 Å². The molecule has 0 aliphatic carbocycles. The molecule has 0 aliphatic heterocycles. The Morgan fingerprint density at radius 3 is 2.52 bits per heavy atom. The van der Waals surface area contributed by atoms with E-state index in [1.165, 1.54) is 0 Å². The number of unbranched alkanes of at least 4 members (excludes halogenated alkanes) is 3. The fraction of sp³-hybridized carbons (Fsp3) is 0.500. The Balaban J connectivity index is 2.78. The zero-order valence-electron chi connectivity index (χ0n) is 15.0. The third-order valence-corrected chi connectivity index (χ3v) is 3.92. The van der Waals surface area contributed by atoms with Crippen LogP contribution in [0.1, 0.15) is 44.3 Å². The molecule has 2 amide bonds. The van der Waals surface area contributed by atoms with E-state index in [1.54, 1.807) is 0 Å². The SMILES string of the molecule is CC(=O)Nc1cc(C(F)C(=O)NCCCCCCN)ccc1OP(=O)(O)O. The zero-order chi connectivity index (χ0) is 20.4. The Labute approximate surface area is 156 Å². The standard InChI is InChI=1S/C16H25FN3O6P/c1-11(21)20-13-10-12(6-7-14(13)26-27(23,24)25)15(17)16(22)19-9-5-3-2-4-8-18/h6-7,10,15H,2-5,8-9,18H2,1H3,(H,19,22)(H,20,21)(H2,23,24,25). The van der Waals surface area contributed by atoms with Crippen LogP contribution in [0.25, 0.3) is 0 Å². The van der Waals surface area contributed by atoms with Crippen molar-refractivity contribution in [3.63, 3.8) is 0 Å². The Morgan fingerprint density at radius 1 is 1.26 bits per heavy atom. The van der Waals surface area contributed by atoms with Gasteiger partial charge in [0.1, 0.15) is 0 Å². The number of carbonyl (C=O) groups is 2. The van der Waals surface area contributed by atoms with Crippen molar-refractivity contribution in [1.82, 2.24) is 5.32 Å². The molecule has 0 fully saturated rings. The second-order valence-electron chi connectivity index (χ2n) is 5.88. The predicted molar refractivity (Wildman–Crippen MR) is 97.8 cm³/mol. The number of hydrogen-bond donors (Lipinski definition) is 5. The minimum absolute atomic E-state index is 0.0857. The smallest absolute Gasteiger partial charge is 0.402 e. The van der Waals surface area contributed by atoms with E-state index in [4.69, 9.17) is 15.5 Å². The van der Waals surface area contributed by atoms with Gasteiger partial charge in [0, 0.05) is 13.5 Å². The molecule has 0 saturated carbocycles. The molecule has 0 heterocycles. The van der Waals surface area contributed by atoms with Crippen LogP contribution >= 0.6 is 7.82 Å². The van der Waals surface area contributed by atoms with Gasteiger partial charge in [-0.1, -0.05) is 18.9 Å². The van der Waals surface area contributed by atoms with Gasteiger partial charge in [0.2, 0.25) is 12.1 Å². The quantitative estimate of drug-likeness (QED) is 0.278. The molecule has 0 spiro atoms. The largest absolute Gasteiger partial charge is 0.524 e. The molecule has 1 unspecified atom stereocenters. The van der Waals surface area contributed by atoms with Gasteiger partial charge >= 0.3 is 7.82 Å². The van der Waals surface area contributed by atoms with Gasteiger partial charge in [-0.05, 0) is 37.1 Å². The number of phosphoric acid groups is 1. The van der Waals surface area contributed by atoms with E-state index in [2.05, 4.69) is 15.2 Å². The predicted octanol–water partition coefficient (Wildman–Crippen LogP) is 1.76. The summed E-state index contributed by atoms with van der Waals surface area (Å²) >= 11 is 0. The van der Waals surface area contributed by atoms with Crippen LogP contribution in [0.2, 0.25) is 0 Å². The maximum atomic E-state index is 14.4. The maximum Gasteiger partial charge on any atom is 0.524 e. The molecule has 1 atom stereocenters. The molecule has 1 aromatic rings. The van der Waals surface area contributed by atoms with Crippen molar-refractivity contribution >= 4 is 25.3 Å². The van der Waals surface area contributed by atoms with Gasteiger partial charge in [-0.25, -0.2) is 8.96 Å². The second kappa shape index (κ2) is 11.0. The van der Waals surface area contributed by atoms with Crippen LogP contribution < -0.4 is 20.9 Å². The van der Waals surface area contributed by atoms with E-state index in [0.717, 1.165) is 44.4 Å². The fourth-order valence-electron chi connectivity index (χ4n) is 2.28. The first-order valence-corrected chi connectivity index (χ1v) is 9.95. The summed E-state index contributed by atoms with van der Waals surface area (Å²) in [6.45, 7) is 2.09. The summed E-state index contributed by atoms with van der Waals surface area (Å²) in [5.74, 6) is -1.74. The molecule has 11 heteroatoms. The van der Waals surface area contributed by atoms with Crippen LogP contribution in [0.4, 0.5) is 10.1 Å². The van der Waals surface area contributed by atoms with Gasteiger partial charge in [0.05, 0.1) is 5.69 Å². The van der Waals surface area contributed by atoms with E-state index in [0.29, 0.717) is 19.5 Å². The molecular formula is C16H25FN3O6P. The van der Waals surface area contributed by atoms with Crippen LogP contribution in [0.5, 0.6) is 5.75 Å². The molecule has 1 aromatic carbocycles. The number of carbonyl (C=O) groups excluding carboxylic acids is 2. The number of halogens is 1. The van der Waals surface area contributed by atoms with Crippen molar-refractivity contribution in [3.05, 3.63) is 23.8 Å². The Kier molecular flexibility index (Phi) is 9.37. The summed E-state index contributed by atoms with van der Waals surface area (Å²) in [6.07, 6.45) is 1.40. The van der Waals surface area contributed by atoms with Crippen molar-refractivity contribution in [1.29, 1.82) is 0 Å². The lowest BCUT2D eigenvalue weighted by Crippen LogP contribution is -2.28. The monoisotopic (exact) mass is 405 g/mol. The number of nitrogens with two attached hydrogens (primary N) is 1. The Morgan fingerprint density at radius 2 is 1.93 bits per heavy atom. The zero-order valence-corrected chi connectivity index (χ0v) is 15.9.